The van der Waals surface area contributed by atoms with E-state index in [2.05, 4.69) is 15.2 Å². The summed E-state index contributed by atoms with van der Waals surface area (Å²) in [7, 11) is 0. The van der Waals surface area contributed by atoms with Crippen molar-refractivity contribution in [2.75, 3.05) is 26.3 Å². The molecule has 1 saturated heterocycles. The Balaban J connectivity index is 1.95. The SMILES string of the molecule is CC(C)[n+]1noc([O-])c1CNN1CCOCC1. The van der Waals surface area contributed by atoms with Gasteiger partial charge in [-0.15, -0.1) is 0 Å². The lowest BCUT2D eigenvalue weighted by molar-refractivity contribution is -0.785. The minimum absolute atomic E-state index is 0.114. The van der Waals surface area contributed by atoms with Crippen LogP contribution in [0.3, 0.4) is 0 Å². The molecule has 7 heteroatoms. The Morgan fingerprint density at radius 1 is 1.47 bits per heavy atom. The fourth-order valence-electron chi connectivity index (χ4n) is 1.74. The highest BCUT2D eigenvalue weighted by Gasteiger charge is 2.21. The largest absolute Gasteiger partial charge is 0.539 e. The molecule has 1 fully saturated rings. The van der Waals surface area contributed by atoms with Gasteiger partial charge in [-0.25, -0.2) is 10.4 Å². The zero-order valence-corrected chi connectivity index (χ0v) is 10.2. The number of ether oxygens (including phenoxy) is 1. The fraction of sp³-hybridized carbons (Fsp3) is 0.800. The molecule has 0 unspecified atom stereocenters. The van der Waals surface area contributed by atoms with E-state index in [1.54, 1.807) is 4.68 Å². The normalized spacial score (nSPS) is 17.8. The number of morpholine rings is 1. The van der Waals surface area contributed by atoms with Crippen molar-refractivity contribution in [2.45, 2.75) is 26.4 Å². The van der Waals surface area contributed by atoms with Crippen LogP contribution in [0.25, 0.3) is 0 Å². The van der Waals surface area contributed by atoms with Crippen LogP contribution in [0.5, 0.6) is 5.95 Å². The van der Waals surface area contributed by atoms with E-state index in [4.69, 9.17) is 4.74 Å². The van der Waals surface area contributed by atoms with E-state index < -0.39 is 0 Å². The maximum Gasteiger partial charge on any atom is 0.248 e. The first-order chi connectivity index (χ1) is 8.18. The summed E-state index contributed by atoms with van der Waals surface area (Å²) >= 11 is 0. The average molecular weight is 242 g/mol. The van der Waals surface area contributed by atoms with Crippen molar-refractivity contribution in [3.8, 4) is 5.95 Å². The number of rotatable bonds is 4. The van der Waals surface area contributed by atoms with Crippen molar-refractivity contribution in [1.29, 1.82) is 0 Å². The highest BCUT2D eigenvalue weighted by atomic mass is 16.6. The van der Waals surface area contributed by atoms with E-state index in [0.717, 1.165) is 13.1 Å². The predicted octanol–water partition coefficient (Wildman–Crippen LogP) is -1.05. The van der Waals surface area contributed by atoms with E-state index >= 15 is 0 Å². The van der Waals surface area contributed by atoms with Crippen molar-refractivity contribution >= 4 is 0 Å². The number of nitrogens with one attached hydrogen (secondary N) is 1. The molecule has 1 aliphatic heterocycles. The number of hydrogen-bond acceptors (Lipinski definition) is 6. The maximum atomic E-state index is 11.5. The Labute approximate surface area is 99.9 Å². The third kappa shape index (κ3) is 2.93. The first-order valence-electron chi connectivity index (χ1n) is 5.82. The Morgan fingerprint density at radius 2 is 2.18 bits per heavy atom. The molecular formula is C10H18N4O3. The zero-order chi connectivity index (χ0) is 12.3. The van der Waals surface area contributed by atoms with Gasteiger partial charge in [0.15, 0.2) is 12.0 Å². The van der Waals surface area contributed by atoms with E-state index in [1.807, 2.05) is 18.9 Å². The van der Waals surface area contributed by atoms with Gasteiger partial charge in [-0.2, -0.15) is 0 Å². The van der Waals surface area contributed by atoms with Crippen LogP contribution in [0, 0.1) is 0 Å². The van der Waals surface area contributed by atoms with Crippen molar-refractivity contribution in [3.05, 3.63) is 5.69 Å². The second-order valence-corrected chi connectivity index (χ2v) is 4.28. The molecule has 0 atom stereocenters. The van der Waals surface area contributed by atoms with Gasteiger partial charge < -0.3 is 14.4 Å². The summed E-state index contributed by atoms with van der Waals surface area (Å²) in [6.07, 6.45) is 0. The van der Waals surface area contributed by atoms with Crippen molar-refractivity contribution in [3.63, 3.8) is 0 Å². The first kappa shape index (κ1) is 12.3. The summed E-state index contributed by atoms with van der Waals surface area (Å²) in [6, 6.07) is 0.114. The van der Waals surface area contributed by atoms with Crippen LogP contribution in [-0.2, 0) is 11.3 Å². The van der Waals surface area contributed by atoms with Crippen LogP contribution in [0.4, 0.5) is 0 Å². The predicted molar refractivity (Wildman–Crippen MR) is 55.8 cm³/mol. The van der Waals surface area contributed by atoms with Crippen molar-refractivity contribution < 1.29 is 19.0 Å². The van der Waals surface area contributed by atoms with Gasteiger partial charge in [0, 0.05) is 13.1 Å². The molecule has 2 heterocycles. The maximum absolute atomic E-state index is 11.5. The lowest BCUT2D eigenvalue weighted by atomic mass is 10.3. The molecule has 0 amide bonds. The standard InChI is InChI=1S/C10H18N4O3/c1-8(2)14-9(10(15)17-12-14)7-11-13-3-5-16-6-4-13/h8,11H,3-7H2,1-2H3. The second-order valence-electron chi connectivity index (χ2n) is 4.28. The second kappa shape index (κ2) is 5.44. The summed E-state index contributed by atoms with van der Waals surface area (Å²) in [5, 5.41) is 17.3. The summed E-state index contributed by atoms with van der Waals surface area (Å²) in [5.74, 6) is -0.376. The molecule has 0 saturated carbocycles. The minimum atomic E-state index is -0.376. The van der Waals surface area contributed by atoms with Gasteiger partial charge in [-0.1, -0.05) is 4.68 Å². The molecule has 2 rings (SSSR count). The molecule has 0 aliphatic carbocycles. The monoisotopic (exact) mass is 242 g/mol. The van der Waals surface area contributed by atoms with Crippen LogP contribution >= 0.6 is 0 Å². The molecule has 0 bridgehead atoms. The van der Waals surface area contributed by atoms with Gasteiger partial charge in [-0.3, -0.25) is 0 Å². The van der Waals surface area contributed by atoms with Gasteiger partial charge in [0.1, 0.15) is 0 Å². The van der Waals surface area contributed by atoms with Crippen LogP contribution in [0.15, 0.2) is 4.52 Å². The molecule has 1 aromatic rings. The summed E-state index contributed by atoms with van der Waals surface area (Å²) in [5.41, 5.74) is 3.74. The lowest BCUT2D eigenvalue weighted by Crippen LogP contribution is -2.49. The molecule has 0 aromatic carbocycles. The van der Waals surface area contributed by atoms with Crippen molar-refractivity contribution in [1.82, 2.24) is 15.7 Å². The lowest BCUT2D eigenvalue weighted by Gasteiger charge is -2.26. The van der Waals surface area contributed by atoms with E-state index in [0.29, 0.717) is 25.5 Å². The summed E-state index contributed by atoms with van der Waals surface area (Å²) in [6.45, 7) is 7.42. The van der Waals surface area contributed by atoms with Gasteiger partial charge in [-0.05, 0) is 13.8 Å². The van der Waals surface area contributed by atoms with Gasteiger partial charge in [0.25, 0.3) is 0 Å². The Kier molecular flexibility index (Phi) is 3.93. The first-order valence-corrected chi connectivity index (χ1v) is 5.82. The summed E-state index contributed by atoms with van der Waals surface area (Å²) < 4.78 is 11.5. The minimum Gasteiger partial charge on any atom is -0.539 e. The molecule has 0 radical (unpaired) electrons. The van der Waals surface area contributed by atoms with E-state index in [-0.39, 0.29) is 12.0 Å². The van der Waals surface area contributed by atoms with Crippen LogP contribution < -0.4 is 15.2 Å². The Hall–Kier alpha value is -1.18. The highest BCUT2D eigenvalue weighted by molar-refractivity contribution is 5.02. The topological polar surface area (TPSA) is 77.5 Å². The van der Waals surface area contributed by atoms with Crippen LogP contribution in [-0.4, -0.2) is 36.6 Å². The van der Waals surface area contributed by atoms with E-state index in [9.17, 15) is 5.11 Å². The van der Waals surface area contributed by atoms with Crippen LogP contribution in [0.1, 0.15) is 25.6 Å². The third-order valence-corrected chi connectivity index (χ3v) is 2.69. The average Bonchev–Trinajstić information content (AvgIpc) is 2.69. The summed E-state index contributed by atoms with van der Waals surface area (Å²) in [4.78, 5) is 0. The number of hydrogen-bond donors (Lipinski definition) is 1. The quantitative estimate of drug-likeness (QED) is 0.679. The fourth-order valence-corrected chi connectivity index (χ4v) is 1.74. The molecule has 17 heavy (non-hydrogen) atoms. The van der Waals surface area contributed by atoms with E-state index in [1.165, 1.54) is 0 Å². The zero-order valence-electron chi connectivity index (χ0n) is 10.2. The smallest absolute Gasteiger partial charge is 0.248 e. The molecule has 7 nitrogen and oxygen atoms in total. The van der Waals surface area contributed by atoms with Gasteiger partial charge >= 0.3 is 0 Å². The number of nitrogens with zero attached hydrogens (tertiary/aromatic N) is 3. The number of hydrazine groups is 1. The molecule has 96 valence electrons. The third-order valence-electron chi connectivity index (χ3n) is 2.69. The molecule has 1 aromatic heterocycles. The number of aromatic nitrogens is 2. The molecule has 1 N–H and O–H groups in total. The molecule has 0 spiro atoms. The van der Waals surface area contributed by atoms with Crippen molar-refractivity contribution in [2.24, 2.45) is 0 Å². The van der Waals surface area contributed by atoms with Gasteiger partial charge in [0.05, 0.1) is 25.0 Å². The highest BCUT2D eigenvalue weighted by Crippen LogP contribution is 2.09. The molecular weight excluding hydrogens is 224 g/mol. The Bertz CT molecular complexity index is 360. The van der Waals surface area contributed by atoms with Gasteiger partial charge in [0.2, 0.25) is 5.69 Å². The Morgan fingerprint density at radius 3 is 2.82 bits per heavy atom. The molecule has 1 aliphatic rings. The van der Waals surface area contributed by atoms with Crippen LogP contribution in [0.2, 0.25) is 0 Å².